The first-order valence-electron chi connectivity index (χ1n) is 5.91. The molecular formula is C14H21F. The normalized spacial score (nSPS) is 12.8. The van der Waals surface area contributed by atoms with Crippen molar-refractivity contribution in [1.82, 2.24) is 0 Å². The average molecular weight is 208 g/mol. The molecule has 0 fully saturated rings. The van der Waals surface area contributed by atoms with Crippen LogP contribution in [0.25, 0.3) is 0 Å². The van der Waals surface area contributed by atoms with Gasteiger partial charge in [-0.2, -0.15) is 0 Å². The van der Waals surface area contributed by atoms with Crippen LogP contribution in [0.2, 0.25) is 0 Å². The van der Waals surface area contributed by atoms with Crippen molar-refractivity contribution >= 4 is 0 Å². The number of rotatable bonds is 5. The lowest BCUT2D eigenvalue weighted by Gasteiger charge is -2.12. The summed E-state index contributed by atoms with van der Waals surface area (Å²) in [4.78, 5) is 0. The van der Waals surface area contributed by atoms with E-state index in [4.69, 9.17) is 0 Å². The van der Waals surface area contributed by atoms with Crippen LogP contribution >= 0.6 is 0 Å². The molecule has 0 N–H and O–H groups in total. The summed E-state index contributed by atoms with van der Waals surface area (Å²) in [5.74, 6) is 0.454. The Bertz CT molecular complexity index is 304. The Morgan fingerprint density at radius 1 is 1.27 bits per heavy atom. The number of benzene rings is 1. The summed E-state index contributed by atoms with van der Waals surface area (Å²) in [6.07, 6.45) is 5.03. The molecule has 0 aromatic heterocycles. The minimum Gasteiger partial charge on any atom is -0.207 e. The number of halogens is 1. The van der Waals surface area contributed by atoms with Gasteiger partial charge >= 0.3 is 0 Å². The number of aryl methyl sites for hydroxylation is 1. The van der Waals surface area contributed by atoms with Gasteiger partial charge in [-0.1, -0.05) is 45.2 Å². The second-order valence-corrected chi connectivity index (χ2v) is 4.41. The van der Waals surface area contributed by atoms with Gasteiger partial charge in [0.2, 0.25) is 0 Å². The monoisotopic (exact) mass is 208 g/mol. The Balaban J connectivity index is 2.57. The Hall–Kier alpha value is -0.850. The Morgan fingerprint density at radius 2 is 2.00 bits per heavy atom. The third-order valence-corrected chi connectivity index (χ3v) is 2.99. The molecule has 0 nitrogen and oxygen atoms in total. The van der Waals surface area contributed by atoms with Crippen molar-refractivity contribution in [1.29, 1.82) is 0 Å². The fourth-order valence-electron chi connectivity index (χ4n) is 1.84. The van der Waals surface area contributed by atoms with Crippen LogP contribution in [-0.2, 0) is 0 Å². The molecule has 0 aliphatic rings. The summed E-state index contributed by atoms with van der Waals surface area (Å²) in [6, 6.07) is 5.48. The van der Waals surface area contributed by atoms with E-state index < -0.39 is 0 Å². The summed E-state index contributed by atoms with van der Waals surface area (Å²) in [6.45, 7) is 6.27. The van der Waals surface area contributed by atoms with Crippen molar-refractivity contribution in [2.45, 2.75) is 52.4 Å². The fourth-order valence-corrected chi connectivity index (χ4v) is 1.84. The lowest BCUT2D eigenvalue weighted by Crippen LogP contribution is -1.95. The first-order valence-corrected chi connectivity index (χ1v) is 5.91. The van der Waals surface area contributed by atoms with Gasteiger partial charge in [0.15, 0.2) is 0 Å². The third kappa shape index (κ3) is 3.65. The van der Waals surface area contributed by atoms with Crippen molar-refractivity contribution < 1.29 is 4.39 Å². The predicted molar refractivity (Wildman–Crippen MR) is 63.7 cm³/mol. The smallest absolute Gasteiger partial charge is 0.126 e. The van der Waals surface area contributed by atoms with E-state index in [2.05, 4.69) is 13.8 Å². The van der Waals surface area contributed by atoms with Crippen LogP contribution in [0.15, 0.2) is 18.2 Å². The van der Waals surface area contributed by atoms with Gasteiger partial charge < -0.3 is 0 Å². The SMILES string of the molecule is CCCCCC(C)c1ccc(F)c(C)c1. The highest BCUT2D eigenvalue weighted by atomic mass is 19.1. The first kappa shape index (κ1) is 12.2. The van der Waals surface area contributed by atoms with Crippen LogP contribution in [0.3, 0.4) is 0 Å². The van der Waals surface area contributed by atoms with Gasteiger partial charge in [0, 0.05) is 0 Å². The highest BCUT2D eigenvalue weighted by Crippen LogP contribution is 2.23. The molecule has 0 spiro atoms. The molecule has 1 aromatic rings. The first-order chi connectivity index (χ1) is 7.15. The maximum atomic E-state index is 13.1. The standard InChI is InChI=1S/C14H21F/c1-4-5-6-7-11(2)13-8-9-14(15)12(3)10-13/h8-11H,4-7H2,1-3H3. The summed E-state index contributed by atoms with van der Waals surface area (Å²) in [7, 11) is 0. The van der Waals surface area contributed by atoms with Crippen LogP contribution < -0.4 is 0 Å². The number of hydrogen-bond donors (Lipinski definition) is 0. The van der Waals surface area contributed by atoms with Gasteiger partial charge in [0.05, 0.1) is 0 Å². The quantitative estimate of drug-likeness (QED) is 0.609. The van der Waals surface area contributed by atoms with E-state index in [0.29, 0.717) is 5.92 Å². The van der Waals surface area contributed by atoms with Crippen molar-refractivity contribution in [3.05, 3.63) is 35.1 Å². The van der Waals surface area contributed by atoms with Gasteiger partial charge in [0.25, 0.3) is 0 Å². The Labute approximate surface area is 92.5 Å². The maximum absolute atomic E-state index is 13.1. The zero-order valence-electron chi connectivity index (χ0n) is 10.0. The zero-order chi connectivity index (χ0) is 11.3. The minimum atomic E-state index is -0.0977. The molecule has 0 radical (unpaired) electrons. The van der Waals surface area contributed by atoms with E-state index in [1.807, 2.05) is 19.1 Å². The fraction of sp³-hybridized carbons (Fsp3) is 0.571. The molecule has 1 aromatic carbocycles. The molecule has 0 aliphatic heterocycles. The second kappa shape index (κ2) is 5.89. The average Bonchev–Trinajstić information content (AvgIpc) is 2.22. The lowest BCUT2D eigenvalue weighted by atomic mass is 9.94. The zero-order valence-corrected chi connectivity index (χ0v) is 10.0. The van der Waals surface area contributed by atoms with Crippen molar-refractivity contribution in [2.24, 2.45) is 0 Å². The number of unbranched alkanes of at least 4 members (excludes halogenated alkanes) is 2. The summed E-state index contributed by atoms with van der Waals surface area (Å²) < 4.78 is 13.1. The largest absolute Gasteiger partial charge is 0.207 e. The molecule has 15 heavy (non-hydrogen) atoms. The Kier molecular flexibility index (Phi) is 4.80. The van der Waals surface area contributed by atoms with Gasteiger partial charge in [-0.05, 0) is 36.5 Å². The number of hydrogen-bond acceptors (Lipinski definition) is 0. The molecule has 0 amide bonds. The van der Waals surface area contributed by atoms with Gasteiger partial charge in [-0.3, -0.25) is 0 Å². The van der Waals surface area contributed by atoms with Crippen LogP contribution in [0.5, 0.6) is 0 Å². The molecule has 1 rings (SSSR count). The lowest BCUT2D eigenvalue weighted by molar-refractivity contribution is 0.591. The van der Waals surface area contributed by atoms with E-state index >= 15 is 0 Å². The maximum Gasteiger partial charge on any atom is 0.126 e. The van der Waals surface area contributed by atoms with Crippen molar-refractivity contribution in [3.8, 4) is 0 Å². The summed E-state index contributed by atoms with van der Waals surface area (Å²) in [5, 5.41) is 0. The molecule has 0 saturated carbocycles. The van der Waals surface area contributed by atoms with Gasteiger partial charge in [-0.25, -0.2) is 4.39 Å². The highest BCUT2D eigenvalue weighted by Gasteiger charge is 2.06. The van der Waals surface area contributed by atoms with Gasteiger partial charge in [0.1, 0.15) is 5.82 Å². The predicted octanol–water partition coefficient (Wildman–Crippen LogP) is 4.82. The van der Waals surface area contributed by atoms with Crippen LogP contribution in [-0.4, -0.2) is 0 Å². The van der Waals surface area contributed by atoms with E-state index in [-0.39, 0.29) is 5.82 Å². The van der Waals surface area contributed by atoms with E-state index in [1.165, 1.54) is 31.2 Å². The summed E-state index contributed by atoms with van der Waals surface area (Å²) >= 11 is 0. The minimum absolute atomic E-state index is 0.0977. The summed E-state index contributed by atoms with van der Waals surface area (Å²) in [5.41, 5.74) is 2.03. The molecule has 0 heterocycles. The van der Waals surface area contributed by atoms with Crippen molar-refractivity contribution in [2.75, 3.05) is 0 Å². The third-order valence-electron chi connectivity index (χ3n) is 2.99. The molecule has 1 unspecified atom stereocenters. The molecule has 0 bridgehead atoms. The van der Waals surface area contributed by atoms with E-state index in [1.54, 1.807) is 6.07 Å². The molecule has 0 saturated heterocycles. The van der Waals surface area contributed by atoms with Crippen LogP contribution in [0.1, 0.15) is 56.6 Å². The Morgan fingerprint density at radius 3 is 2.60 bits per heavy atom. The highest BCUT2D eigenvalue weighted by molar-refractivity contribution is 5.26. The van der Waals surface area contributed by atoms with E-state index in [9.17, 15) is 4.39 Å². The van der Waals surface area contributed by atoms with Crippen LogP contribution in [0.4, 0.5) is 4.39 Å². The van der Waals surface area contributed by atoms with Crippen molar-refractivity contribution in [3.63, 3.8) is 0 Å². The molecular weight excluding hydrogens is 187 g/mol. The second-order valence-electron chi connectivity index (χ2n) is 4.41. The molecule has 84 valence electrons. The van der Waals surface area contributed by atoms with Gasteiger partial charge in [-0.15, -0.1) is 0 Å². The van der Waals surface area contributed by atoms with Crippen LogP contribution in [0, 0.1) is 12.7 Å². The molecule has 1 atom stereocenters. The molecule has 1 heteroatoms. The molecule has 0 aliphatic carbocycles. The topological polar surface area (TPSA) is 0 Å². The van der Waals surface area contributed by atoms with E-state index in [0.717, 1.165) is 5.56 Å².